The van der Waals surface area contributed by atoms with Crippen LogP contribution < -0.4 is 5.32 Å². The second-order valence-electron chi connectivity index (χ2n) is 8.00. The second-order valence-corrected chi connectivity index (χ2v) is 8.00. The predicted molar refractivity (Wildman–Crippen MR) is 132 cm³/mol. The van der Waals surface area contributed by atoms with Crippen LogP contribution in [0.15, 0.2) is 29.4 Å². The molecule has 4 rings (SSSR count). The zero-order valence-electron chi connectivity index (χ0n) is 18.4. The van der Waals surface area contributed by atoms with E-state index in [9.17, 15) is 4.79 Å². The van der Waals surface area contributed by atoms with Crippen LogP contribution in [0.4, 0.5) is 0 Å². The first-order valence-electron chi connectivity index (χ1n) is 10.9. The average Bonchev–Trinajstić information content (AvgIpc) is 3.46. The summed E-state index contributed by atoms with van der Waals surface area (Å²) in [6.07, 6.45) is 5.03. The number of pyridine rings is 1. The van der Waals surface area contributed by atoms with Crippen molar-refractivity contribution in [3.8, 4) is 0 Å². The highest BCUT2D eigenvalue weighted by Crippen LogP contribution is 2.14. The first kappa shape index (κ1) is 23.7. The maximum atomic E-state index is 12.7. The molecule has 0 aliphatic carbocycles. The number of nitrogens with zero attached hydrogens (tertiary/aromatic N) is 7. The molecule has 0 spiro atoms. The first-order valence-corrected chi connectivity index (χ1v) is 10.9. The Labute approximate surface area is 200 Å². The molecule has 31 heavy (non-hydrogen) atoms. The molecule has 2 aromatic heterocycles. The summed E-state index contributed by atoms with van der Waals surface area (Å²) in [4.78, 5) is 23.7. The molecule has 10 heteroatoms. The number of piperazine rings is 1. The number of rotatable bonds is 5. The number of guanidine groups is 1. The number of fused-ring (bicyclic) bond motifs is 1. The van der Waals surface area contributed by atoms with Crippen LogP contribution in [-0.2, 0) is 11.2 Å². The van der Waals surface area contributed by atoms with Crippen molar-refractivity contribution < 1.29 is 4.79 Å². The van der Waals surface area contributed by atoms with E-state index in [1.54, 1.807) is 0 Å². The van der Waals surface area contributed by atoms with Gasteiger partial charge in [-0.2, -0.15) is 0 Å². The largest absolute Gasteiger partial charge is 0.356 e. The molecule has 2 aliphatic rings. The molecule has 170 valence electrons. The number of amides is 1. The zero-order valence-corrected chi connectivity index (χ0v) is 20.7. The van der Waals surface area contributed by atoms with Gasteiger partial charge in [0.25, 0.3) is 0 Å². The van der Waals surface area contributed by atoms with Gasteiger partial charge in [0.1, 0.15) is 5.82 Å². The maximum absolute atomic E-state index is 12.7. The number of aromatic nitrogens is 3. The van der Waals surface area contributed by atoms with Gasteiger partial charge in [0, 0.05) is 65.5 Å². The van der Waals surface area contributed by atoms with Gasteiger partial charge in [-0.1, -0.05) is 6.07 Å². The molecule has 1 atom stereocenters. The average molecular weight is 540 g/mol. The number of hydrogen-bond acceptors (Lipinski definition) is 5. The van der Waals surface area contributed by atoms with Crippen molar-refractivity contribution in [3.63, 3.8) is 0 Å². The van der Waals surface area contributed by atoms with Gasteiger partial charge in [0.15, 0.2) is 11.6 Å². The van der Waals surface area contributed by atoms with Gasteiger partial charge < -0.3 is 15.1 Å². The molecule has 1 unspecified atom stereocenters. The minimum atomic E-state index is -0.0403. The van der Waals surface area contributed by atoms with Crippen LogP contribution in [0.25, 0.3) is 5.65 Å². The Morgan fingerprint density at radius 1 is 1.10 bits per heavy atom. The lowest BCUT2D eigenvalue weighted by molar-refractivity contribution is -0.135. The molecule has 2 saturated heterocycles. The van der Waals surface area contributed by atoms with Gasteiger partial charge in [-0.3, -0.25) is 19.1 Å². The van der Waals surface area contributed by atoms with Crippen LogP contribution in [0, 0.1) is 0 Å². The van der Waals surface area contributed by atoms with E-state index in [2.05, 4.69) is 30.3 Å². The van der Waals surface area contributed by atoms with Gasteiger partial charge >= 0.3 is 0 Å². The zero-order chi connectivity index (χ0) is 20.9. The number of aliphatic imine (C=N–C) groups is 1. The fourth-order valence-electron chi connectivity index (χ4n) is 4.36. The van der Waals surface area contributed by atoms with Crippen LogP contribution in [-0.4, -0.2) is 100 Å². The summed E-state index contributed by atoms with van der Waals surface area (Å²) in [6.45, 7) is 8.10. The van der Waals surface area contributed by atoms with Crippen molar-refractivity contribution in [2.45, 2.75) is 32.2 Å². The molecule has 2 aromatic rings. The van der Waals surface area contributed by atoms with Crippen molar-refractivity contribution in [3.05, 3.63) is 30.2 Å². The quantitative estimate of drug-likeness (QED) is 0.348. The van der Waals surface area contributed by atoms with Gasteiger partial charge in [-0.25, -0.2) is 0 Å². The van der Waals surface area contributed by atoms with E-state index < -0.39 is 0 Å². The summed E-state index contributed by atoms with van der Waals surface area (Å²) < 4.78 is 2.02. The van der Waals surface area contributed by atoms with E-state index in [1.165, 1.54) is 0 Å². The van der Waals surface area contributed by atoms with Crippen molar-refractivity contribution in [2.75, 3.05) is 52.9 Å². The van der Waals surface area contributed by atoms with E-state index in [1.807, 2.05) is 47.7 Å². The Hall–Kier alpha value is -1.95. The Balaban J connectivity index is 0.00000272. The van der Waals surface area contributed by atoms with Gasteiger partial charge in [0.2, 0.25) is 5.91 Å². The van der Waals surface area contributed by atoms with E-state index in [4.69, 9.17) is 0 Å². The van der Waals surface area contributed by atoms with E-state index >= 15 is 0 Å². The highest BCUT2D eigenvalue weighted by atomic mass is 127. The Morgan fingerprint density at radius 3 is 2.55 bits per heavy atom. The van der Waals surface area contributed by atoms with E-state index in [0.29, 0.717) is 0 Å². The van der Waals surface area contributed by atoms with Crippen molar-refractivity contribution in [2.24, 2.45) is 4.99 Å². The molecule has 0 radical (unpaired) electrons. The van der Waals surface area contributed by atoms with Crippen molar-refractivity contribution in [1.29, 1.82) is 0 Å². The lowest BCUT2D eigenvalue weighted by Gasteiger charge is -2.39. The van der Waals surface area contributed by atoms with Crippen LogP contribution in [0.5, 0.6) is 0 Å². The number of likely N-dealkylation sites (tertiary alicyclic amines) is 1. The fraction of sp³-hybridized carbons (Fsp3) is 0.619. The number of carbonyl (C=O) groups excluding carboxylic acids is 1. The third-order valence-corrected chi connectivity index (χ3v) is 6.16. The SMILES string of the molecule is CN=C(NCCc1nnc2ccccn12)N1CCN(C(C)C(=O)N2CCCC2)CC1.I. The minimum absolute atomic E-state index is 0. The molecule has 2 aliphatic heterocycles. The normalized spacial score (nSPS) is 18.8. The molecule has 4 heterocycles. The van der Waals surface area contributed by atoms with Crippen LogP contribution >= 0.6 is 24.0 Å². The standard InChI is InChI=1S/C21H32N8O.HI/c1-17(20(30)27-10-5-6-11-27)26-13-15-28(16-14-26)21(22-2)23-9-8-19-25-24-18-7-3-4-12-29(18)19;/h3-4,7,12,17H,5-6,8-11,13-16H2,1-2H3,(H,22,23);1H. The third-order valence-electron chi connectivity index (χ3n) is 6.16. The smallest absolute Gasteiger partial charge is 0.239 e. The van der Waals surface area contributed by atoms with Crippen molar-refractivity contribution in [1.82, 2.24) is 34.6 Å². The van der Waals surface area contributed by atoms with E-state index in [0.717, 1.165) is 82.5 Å². The molecule has 1 N–H and O–H groups in total. The lowest BCUT2D eigenvalue weighted by Crippen LogP contribution is -2.57. The second kappa shape index (κ2) is 11.1. The number of carbonyl (C=O) groups is 1. The number of hydrogen-bond donors (Lipinski definition) is 1. The van der Waals surface area contributed by atoms with E-state index in [-0.39, 0.29) is 35.9 Å². The molecular weight excluding hydrogens is 507 g/mol. The minimum Gasteiger partial charge on any atom is -0.356 e. The summed E-state index contributed by atoms with van der Waals surface area (Å²) in [7, 11) is 1.82. The summed E-state index contributed by atoms with van der Waals surface area (Å²) in [5.74, 6) is 2.12. The Morgan fingerprint density at radius 2 is 1.84 bits per heavy atom. The lowest BCUT2D eigenvalue weighted by atomic mass is 10.2. The first-order chi connectivity index (χ1) is 14.7. The summed E-state index contributed by atoms with van der Waals surface area (Å²) >= 11 is 0. The third kappa shape index (κ3) is 5.46. The number of nitrogens with one attached hydrogen (secondary N) is 1. The number of halogens is 1. The molecular formula is C21H33IN8O. The highest BCUT2D eigenvalue weighted by molar-refractivity contribution is 14.0. The molecule has 1 amide bonds. The maximum Gasteiger partial charge on any atom is 0.239 e. The highest BCUT2D eigenvalue weighted by Gasteiger charge is 2.30. The van der Waals surface area contributed by atoms with Crippen LogP contribution in [0.1, 0.15) is 25.6 Å². The molecule has 2 fully saturated rings. The Kier molecular flexibility index (Phi) is 8.47. The van der Waals surface area contributed by atoms with Crippen LogP contribution in [0.3, 0.4) is 0 Å². The van der Waals surface area contributed by atoms with Crippen LogP contribution in [0.2, 0.25) is 0 Å². The summed E-state index contributed by atoms with van der Waals surface area (Å²) in [6, 6.07) is 5.87. The monoisotopic (exact) mass is 540 g/mol. The summed E-state index contributed by atoms with van der Waals surface area (Å²) in [5.41, 5.74) is 0.866. The summed E-state index contributed by atoms with van der Waals surface area (Å²) in [5, 5.41) is 11.9. The van der Waals surface area contributed by atoms with Gasteiger partial charge in [0.05, 0.1) is 6.04 Å². The van der Waals surface area contributed by atoms with Crippen molar-refractivity contribution >= 4 is 41.5 Å². The van der Waals surface area contributed by atoms with Gasteiger partial charge in [-0.05, 0) is 31.9 Å². The fourth-order valence-corrected chi connectivity index (χ4v) is 4.36. The molecule has 0 aromatic carbocycles. The van der Waals surface area contributed by atoms with Gasteiger partial charge in [-0.15, -0.1) is 34.2 Å². The topological polar surface area (TPSA) is 81.4 Å². The molecule has 0 bridgehead atoms. The predicted octanol–water partition coefficient (Wildman–Crippen LogP) is 1.09. The molecule has 0 saturated carbocycles. The Bertz CT molecular complexity index is 886. The molecule has 9 nitrogen and oxygen atoms in total.